The quantitative estimate of drug-likeness (QED) is 0.379. The standard InChI is InChI=1S/C18H27ClN2O6S/c1-10(2)26-18(19)15(23)21-13(14(22)27-17(4,5)6)11(3)12(9-20(7)8)28(24,25)16(18)21/h9-10,16H,1-8H3/b12-9+/t16-,18?/m1/s1. The second kappa shape index (κ2) is 7.03. The Kier molecular flexibility index (Phi) is 5.70. The molecular formula is C18H27ClN2O6S. The molecule has 1 fully saturated rings. The van der Waals surface area contributed by atoms with E-state index in [9.17, 15) is 18.0 Å². The molecule has 0 saturated carbocycles. The minimum Gasteiger partial charge on any atom is -0.455 e. The third-order valence-corrected chi connectivity index (χ3v) is 6.75. The van der Waals surface area contributed by atoms with Gasteiger partial charge in [0.05, 0.1) is 11.0 Å². The maximum atomic E-state index is 13.3. The number of hydrogen-bond acceptors (Lipinski definition) is 7. The van der Waals surface area contributed by atoms with Crippen LogP contribution in [-0.2, 0) is 28.9 Å². The number of nitrogens with zero attached hydrogens (tertiary/aromatic N) is 2. The Bertz CT molecular complexity index is 869. The molecule has 0 aromatic heterocycles. The van der Waals surface area contributed by atoms with E-state index in [0.717, 1.165) is 4.90 Å². The fraction of sp³-hybridized carbons (Fsp3) is 0.667. The molecule has 2 aliphatic rings. The summed E-state index contributed by atoms with van der Waals surface area (Å²) < 4.78 is 37.5. The topological polar surface area (TPSA) is 93.2 Å². The first-order valence-electron chi connectivity index (χ1n) is 8.81. The number of carbonyl (C=O) groups excluding carboxylic acids is 2. The number of esters is 1. The van der Waals surface area contributed by atoms with Gasteiger partial charge in [-0.25, -0.2) is 13.2 Å². The van der Waals surface area contributed by atoms with E-state index >= 15 is 0 Å². The van der Waals surface area contributed by atoms with E-state index in [2.05, 4.69) is 0 Å². The molecule has 0 aromatic rings. The summed E-state index contributed by atoms with van der Waals surface area (Å²) in [5, 5.41) is -3.67. The zero-order chi connectivity index (χ0) is 21.8. The minimum absolute atomic E-state index is 0.107. The zero-order valence-corrected chi connectivity index (χ0v) is 18.9. The lowest BCUT2D eigenvalue weighted by Crippen LogP contribution is -2.76. The molecule has 0 N–H and O–H groups in total. The van der Waals surface area contributed by atoms with Crippen LogP contribution in [0.3, 0.4) is 0 Å². The summed E-state index contributed by atoms with van der Waals surface area (Å²) in [6.45, 7) is 9.79. The average Bonchev–Trinajstić information content (AvgIpc) is 2.47. The first-order chi connectivity index (χ1) is 12.5. The zero-order valence-electron chi connectivity index (χ0n) is 17.4. The van der Waals surface area contributed by atoms with Crippen LogP contribution in [0.1, 0.15) is 41.5 Å². The molecule has 2 heterocycles. The molecule has 2 aliphatic heterocycles. The van der Waals surface area contributed by atoms with Gasteiger partial charge in [0, 0.05) is 25.9 Å². The van der Waals surface area contributed by atoms with Gasteiger partial charge in [-0.15, -0.1) is 0 Å². The Labute approximate surface area is 171 Å². The van der Waals surface area contributed by atoms with Crippen molar-refractivity contribution in [2.24, 2.45) is 0 Å². The van der Waals surface area contributed by atoms with Crippen LogP contribution < -0.4 is 0 Å². The Morgan fingerprint density at radius 1 is 1.32 bits per heavy atom. The van der Waals surface area contributed by atoms with Crippen LogP contribution in [0.25, 0.3) is 0 Å². The molecule has 0 radical (unpaired) electrons. The number of β-lactam (4-membered cyclic amide) rings is 1. The molecule has 1 amide bonds. The van der Waals surface area contributed by atoms with Crippen molar-refractivity contribution in [3.8, 4) is 0 Å². The van der Waals surface area contributed by atoms with E-state index in [1.807, 2.05) is 0 Å². The third kappa shape index (κ3) is 3.67. The first kappa shape index (κ1) is 22.7. The SMILES string of the molecule is CC1=C(C(=O)OC(C)(C)C)N2C(=O)C(Cl)(OC(C)C)[C@H]2S(=O)(=O)/C1=C/N(C)C. The van der Waals surface area contributed by atoms with Crippen molar-refractivity contribution in [2.45, 2.75) is 63.7 Å². The summed E-state index contributed by atoms with van der Waals surface area (Å²) in [4.78, 5) is 28.0. The van der Waals surface area contributed by atoms with Gasteiger partial charge in [-0.05, 0) is 41.5 Å². The van der Waals surface area contributed by atoms with Crippen LogP contribution in [0.4, 0.5) is 0 Å². The number of fused-ring (bicyclic) bond motifs is 1. The highest BCUT2D eigenvalue weighted by molar-refractivity contribution is 7.96. The summed E-state index contributed by atoms with van der Waals surface area (Å²) in [6, 6.07) is 0. The van der Waals surface area contributed by atoms with Crippen LogP contribution in [0.15, 0.2) is 22.4 Å². The molecule has 0 aromatic carbocycles. The number of carbonyl (C=O) groups is 2. The van der Waals surface area contributed by atoms with Gasteiger partial charge in [-0.1, -0.05) is 11.6 Å². The summed E-state index contributed by atoms with van der Waals surface area (Å²) >= 11 is 6.36. The molecule has 1 unspecified atom stereocenters. The van der Waals surface area contributed by atoms with E-state index in [1.54, 1.807) is 53.6 Å². The number of ether oxygens (including phenoxy) is 2. The van der Waals surface area contributed by atoms with Gasteiger partial charge in [-0.3, -0.25) is 9.69 Å². The van der Waals surface area contributed by atoms with Crippen molar-refractivity contribution in [3.63, 3.8) is 0 Å². The molecule has 2 rings (SSSR count). The van der Waals surface area contributed by atoms with Gasteiger partial charge in [0.2, 0.25) is 9.84 Å². The number of alkyl halides is 1. The van der Waals surface area contributed by atoms with E-state index in [4.69, 9.17) is 21.1 Å². The van der Waals surface area contributed by atoms with Gasteiger partial charge >= 0.3 is 5.97 Å². The minimum atomic E-state index is -4.10. The van der Waals surface area contributed by atoms with Crippen molar-refractivity contribution in [1.82, 2.24) is 9.80 Å². The molecule has 8 nitrogen and oxygen atoms in total. The number of rotatable bonds is 4. The lowest BCUT2D eigenvalue weighted by molar-refractivity contribution is -0.180. The molecule has 0 bridgehead atoms. The van der Waals surface area contributed by atoms with Crippen molar-refractivity contribution in [3.05, 3.63) is 22.4 Å². The van der Waals surface area contributed by atoms with E-state index in [1.165, 1.54) is 13.1 Å². The van der Waals surface area contributed by atoms with Crippen molar-refractivity contribution in [2.75, 3.05) is 14.1 Å². The van der Waals surface area contributed by atoms with E-state index < -0.39 is 43.9 Å². The van der Waals surface area contributed by atoms with Crippen molar-refractivity contribution < 1.29 is 27.5 Å². The Balaban J connectivity index is 2.72. The number of allylic oxidation sites excluding steroid dienone is 1. The summed E-state index contributed by atoms with van der Waals surface area (Å²) in [7, 11) is -0.798. The highest BCUT2D eigenvalue weighted by atomic mass is 35.5. The molecule has 28 heavy (non-hydrogen) atoms. The molecule has 10 heteroatoms. The molecule has 2 atom stereocenters. The Morgan fingerprint density at radius 3 is 2.29 bits per heavy atom. The van der Waals surface area contributed by atoms with Crippen molar-refractivity contribution >= 4 is 33.3 Å². The average molecular weight is 435 g/mol. The summed E-state index contributed by atoms with van der Waals surface area (Å²) in [5.74, 6) is -1.60. The third-order valence-electron chi connectivity index (χ3n) is 4.00. The first-order valence-corrected chi connectivity index (χ1v) is 10.7. The number of sulfone groups is 1. The lowest BCUT2D eigenvalue weighted by atomic mass is 10.0. The monoisotopic (exact) mass is 434 g/mol. The fourth-order valence-electron chi connectivity index (χ4n) is 3.10. The van der Waals surface area contributed by atoms with Gasteiger partial charge < -0.3 is 14.4 Å². The maximum Gasteiger partial charge on any atom is 0.355 e. The second-order valence-corrected chi connectivity index (χ2v) is 10.9. The molecule has 1 saturated heterocycles. The van der Waals surface area contributed by atoms with E-state index in [0.29, 0.717) is 0 Å². The van der Waals surface area contributed by atoms with E-state index in [-0.39, 0.29) is 16.2 Å². The van der Waals surface area contributed by atoms with Crippen LogP contribution in [-0.4, -0.2) is 66.3 Å². The molecule has 158 valence electrons. The van der Waals surface area contributed by atoms with Crippen LogP contribution in [0, 0.1) is 0 Å². The number of amides is 1. The van der Waals surface area contributed by atoms with Crippen molar-refractivity contribution in [1.29, 1.82) is 0 Å². The molecule has 0 spiro atoms. The predicted molar refractivity (Wildman–Crippen MR) is 105 cm³/mol. The highest BCUT2D eigenvalue weighted by Crippen LogP contribution is 2.51. The van der Waals surface area contributed by atoms with Crippen LogP contribution in [0.5, 0.6) is 0 Å². The Hall–Kier alpha value is -1.58. The molecular weight excluding hydrogens is 408 g/mol. The van der Waals surface area contributed by atoms with Crippen LogP contribution >= 0.6 is 11.6 Å². The van der Waals surface area contributed by atoms with Gasteiger partial charge in [-0.2, -0.15) is 0 Å². The highest BCUT2D eigenvalue weighted by Gasteiger charge is 2.72. The van der Waals surface area contributed by atoms with Gasteiger partial charge in [0.25, 0.3) is 11.0 Å². The Morgan fingerprint density at radius 2 is 1.86 bits per heavy atom. The lowest BCUT2D eigenvalue weighted by Gasteiger charge is -2.53. The van der Waals surface area contributed by atoms with Gasteiger partial charge in [0.15, 0.2) is 5.37 Å². The summed E-state index contributed by atoms with van der Waals surface area (Å²) in [5.41, 5.74) is -0.852. The fourth-order valence-corrected chi connectivity index (χ4v) is 5.97. The van der Waals surface area contributed by atoms with Crippen LogP contribution in [0.2, 0.25) is 0 Å². The normalized spacial score (nSPS) is 28.4. The summed E-state index contributed by atoms with van der Waals surface area (Å²) in [6.07, 6.45) is 0.874. The van der Waals surface area contributed by atoms with Gasteiger partial charge in [0.1, 0.15) is 11.3 Å². The predicted octanol–water partition coefficient (Wildman–Crippen LogP) is 1.96. The largest absolute Gasteiger partial charge is 0.455 e. The molecule has 0 aliphatic carbocycles. The second-order valence-electron chi connectivity index (χ2n) is 8.32. The number of hydrogen-bond donors (Lipinski definition) is 0. The number of halogens is 1. The maximum absolute atomic E-state index is 13.3. The smallest absolute Gasteiger partial charge is 0.355 e.